The van der Waals surface area contributed by atoms with Gasteiger partial charge in [0.05, 0.1) is 7.11 Å². The molecule has 1 N–H and O–H groups in total. The molecule has 0 fully saturated rings. The predicted octanol–water partition coefficient (Wildman–Crippen LogP) is 4.58. The zero-order valence-corrected chi connectivity index (χ0v) is 14.6. The Bertz CT molecular complexity index is 625. The van der Waals surface area contributed by atoms with Gasteiger partial charge in [-0.15, -0.1) is 0 Å². The number of ether oxygens (including phenoxy) is 1. The van der Waals surface area contributed by atoms with Crippen molar-refractivity contribution in [3.63, 3.8) is 0 Å². The second-order valence-corrected chi connectivity index (χ2v) is 6.27. The summed E-state index contributed by atoms with van der Waals surface area (Å²) in [6, 6.07) is 13.1. The van der Waals surface area contributed by atoms with Crippen molar-refractivity contribution < 1.29 is 4.74 Å². The van der Waals surface area contributed by atoms with Crippen molar-refractivity contribution in [2.75, 3.05) is 14.2 Å². The number of hydrogen-bond donors (Lipinski definition) is 1. The van der Waals surface area contributed by atoms with Gasteiger partial charge in [-0.25, -0.2) is 0 Å². The zero-order valence-electron chi connectivity index (χ0n) is 13.0. The van der Waals surface area contributed by atoms with Gasteiger partial charge in [-0.3, -0.25) is 0 Å². The summed E-state index contributed by atoms with van der Waals surface area (Å²) in [7, 11) is 3.74. The third-order valence-corrected chi connectivity index (χ3v) is 4.33. The molecule has 0 saturated carbocycles. The summed E-state index contributed by atoms with van der Waals surface area (Å²) >= 11 is 3.54. The maximum absolute atomic E-state index is 5.40. The molecule has 0 aromatic heterocycles. The molecule has 0 heterocycles. The highest BCUT2D eigenvalue weighted by atomic mass is 79.9. The highest BCUT2D eigenvalue weighted by molar-refractivity contribution is 9.10. The second kappa shape index (κ2) is 7.10. The lowest BCUT2D eigenvalue weighted by Gasteiger charge is -2.21. The maximum Gasteiger partial charge on any atom is 0.122 e. The molecule has 2 aromatic carbocycles. The van der Waals surface area contributed by atoms with Gasteiger partial charge >= 0.3 is 0 Å². The quantitative estimate of drug-likeness (QED) is 0.854. The molecule has 0 aliphatic rings. The minimum Gasteiger partial charge on any atom is -0.496 e. The lowest BCUT2D eigenvalue weighted by atomic mass is 9.93. The van der Waals surface area contributed by atoms with Crippen LogP contribution in [0.3, 0.4) is 0 Å². The molecule has 0 aliphatic carbocycles. The van der Waals surface area contributed by atoms with Crippen LogP contribution in [0.25, 0.3) is 0 Å². The first-order chi connectivity index (χ1) is 10.0. The predicted molar refractivity (Wildman–Crippen MR) is 92.1 cm³/mol. The first-order valence-corrected chi connectivity index (χ1v) is 7.91. The highest BCUT2D eigenvalue weighted by Crippen LogP contribution is 2.28. The molecule has 0 bridgehead atoms. The molecular weight excluding hydrogens is 326 g/mol. The fourth-order valence-electron chi connectivity index (χ4n) is 2.67. The van der Waals surface area contributed by atoms with E-state index in [9.17, 15) is 0 Å². The summed E-state index contributed by atoms with van der Waals surface area (Å²) in [6.07, 6.45) is 0.961. The topological polar surface area (TPSA) is 21.3 Å². The van der Waals surface area contributed by atoms with Gasteiger partial charge in [0.1, 0.15) is 5.75 Å². The van der Waals surface area contributed by atoms with Crippen LogP contribution < -0.4 is 10.1 Å². The van der Waals surface area contributed by atoms with Gasteiger partial charge < -0.3 is 10.1 Å². The average molecular weight is 348 g/mol. The molecule has 2 rings (SSSR count). The van der Waals surface area contributed by atoms with E-state index in [0.29, 0.717) is 6.04 Å². The van der Waals surface area contributed by atoms with Crippen LogP contribution in [0, 0.1) is 13.8 Å². The molecule has 1 atom stereocenters. The third-order valence-electron chi connectivity index (χ3n) is 3.84. The molecule has 21 heavy (non-hydrogen) atoms. The Morgan fingerprint density at radius 2 is 1.90 bits per heavy atom. The lowest BCUT2D eigenvalue weighted by molar-refractivity contribution is 0.410. The van der Waals surface area contributed by atoms with Crippen LogP contribution in [-0.4, -0.2) is 14.2 Å². The number of likely N-dealkylation sites (N-methyl/N-ethyl adjacent to an activating group) is 1. The van der Waals surface area contributed by atoms with E-state index in [2.05, 4.69) is 71.5 Å². The molecular formula is C18H22BrNO. The Kier molecular flexibility index (Phi) is 5.43. The van der Waals surface area contributed by atoms with Crippen LogP contribution in [0.1, 0.15) is 28.3 Å². The Hall–Kier alpha value is -1.32. The van der Waals surface area contributed by atoms with Gasteiger partial charge in [0, 0.05) is 10.5 Å². The maximum atomic E-state index is 5.40. The number of nitrogens with one attached hydrogen (secondary N) is 1. The van der Waals surface area contributed by atoms with Crippen LogP contribution in [0.5, 0.6) is 5.75 Å². The van der Waals surface area contributed by atoms with Crippen molar-refractivity contribution in [3.8, 4) is 5.75 Å². The van der Waals surface area contributed by atoms with Gasteiger partial charge in [0.2, 0.25) is 0 Å². The van der Waals surface area contributed by atoms with Crippen molar-refractivity contribution in [1.29, 1.82) is 0 Å². The average Bonchev–Trinajstić information content (AvgIpc) is 2.47. The number of methoxy groups -OCH3 is 1. The van der Waals surface area contributed by atoms with Gasteiger partial charge in [0.25, 0.3) is 0 Å². The molecule has 3 heteroatoms. The molecule has 2 nitrogen and oxygen atoms in total. The summed E-state index contributed by atoms with van der Waals surface area (Å²) in [6.45, 7) is 4.23. The molecule has 1 unspecified atom stereocenters. The molecule has 0 saturated heterocycles. The molecule has 2 aromatic rings. The van der Waals surface area contributed by atoms with Crippen molar-refractivity contribution >= 4 is 15.9 Å². The molecule has 0 aliphatic heterocycles. The van der Waals surface area contributed by atoms with E-state index in [1.165, 1.54) is 22.3 Å². The zero-order chi connectivity index (χ0) is 15.4. The largest absolute Gasteiger partial charge is 0.496 e. The van der Waals surface area contributed by atoms with Crippen LogP contribution in [0.2, 0.25) is 0 Å². The molecule has 0 amide bonds. The van der Waals surface area contributed by atoms with Crippen molar-refractivity contribution in [1.82, 2.24) is 5.32 Å². The van der Waals surface area contributed by atoms with Gasteiger partial charge in [-0.1, -0.05) is 34.1 Å². The van der Waals surface area contributed by atoms with E-state index < -0.39 is 0 Å². The number of aryl methyl sites for hydroxylation is 2. The number of benzene rings is 2. The smallest absolute Gasteiger partial charge is 0.122 e. The summed E-state index contributed by atoms with van der Waals surface area (Å²) in [5.74, 6) is 0.952. The Morgan fingerprint density at radius 3 is 2.52 bits per heavy atom. The SMILES string of the molecule is CNC(Cc1cccc(Br)c1)c1cc(C)c(OC)cc1C. The van der Waals surface area contributed by atoms with Crippen molar-refractivity contribution in [2.45, 2.75) is 26.3 Å². The van der Waals surface area contributed by atoms with E-state index in [-0.39, 0.29) is 0 Å². The van der Waals surface area contributed by atoms with Gasteiger partial charge in [0.15, 0.2) is 0 Å². The minimum atomic E-state index is 0.295. The first-order valence-electron chi connectivity index (χ1n) is 7.12. The molecule has 112 valence electrons. The van der Waals surface area contributed by atoms with Crippen molar-refractivity contribution in [2.24, 2.45) is 0 Å². The minimum absolute atomic E-state index is 0.295. The van der Waals surface area contributed by atoms with Crippen LogP contribution >= 0.6 is 15.9 Å². The molecule has 0 radical (unpaired) electrons. The fourth-order valence-corrected chi connectivity index (χ4v) is 3.12. The number of hydrogen-bond acceptors (Lipinski definition) is 2. The van der Waals surface area contributed by atoms with Crippen molar-refractivity contribution in [3.05, 3.63) is 63.1 Å². The standard InChI is InChI=1S/C18H22BrNO/c1-12-9-18(21-4)13(2)8-16(12)17(20-3)11-14-6-5-7-15(19)10-14/h5-10,17,20H,11H2,1-4H3. The second-order valence-electron chi connectivity index (χ2n) is 5.35. The summed E-state index contributed by atoms with van der Waals surface area (Å²) < 4.78 is 6.52. The van der Waals surface area contributed by atoms with E-state index in [1.807, 2.05) is 7.05 Å². The van der Waals surface area contributed by atoms with Gasteiger partial charge in [-0.2, -0.15) is 0 Å². The number of rotatable bonds is 5. The van der Waals surface area contributed by atoms with E-state index in [1.54, 1.807) is 7.11 Å². The van der Waals surface area contributed by atoms with E-state index >= 15 is 0 Å². The summed E-state index contributed by atoms with van der Waals surface area (Å²) in [4.78, 5) is 0. The van der Waals surface area contributed by atoms with Crippen LogP contribution in [0.4, 0.5) is 0 Å². The van der Waals surface area contributed by atoms with Crippen LogP contribution in [0.15, 0.2) is 40.9 Å². The van der Waals surface area contributed by atoms with Gasteiger partial charge in [-0.05, 0) is 67.8 Å². The monoisotopic (exact) mass is 347 g/mol. The Labute approximate surface area is 135 Å². The van der Waals surface area contributed by atoms with E-state index in [0.717, 1.165) is 16.6 Å². The van der Waals surface area contributed by atoms with E-state index in [4.69, 9.17) is 4.74 Å². The Balaban J connectivity index is 2.31. The third kappa shape index (κ3) is 3.86. The lowest BCUT2D eigenvalue weighted by Crippen LogP contribution is -2.20. The first kappa shape index (κ1) is 16.1. The fraction of sp³-hybridized carbons (Fsp3) is 0.333. The normalized spacial score (nSPS) is 12.2. The van der Waals surface area contributed by atoms with Crippen LogP contribution in [-0.2, 0) is 6.42 Å². The highest BCUT2D eigenvalue weighted by Gasteiger charge is 2.15. The summed E-state index contributed by atoms with van der Waals surface area (Å²) in [5.41, 5.74) is 5.08. The Morgan fingerprint density at radius 1 is 1.14 bits per heavy atom. The molecule has 0 spiro atoms. The summed E-state index contributed by atoms with van der Waals surface area (Å²) in [5, 5.41) is 3.44. The number of halogens is 1.